The zero-order valence-corrected chi connectivity index (χ0v) is 71.6. The molecule has 2 aliphatic rings. The Labute approximate surface area is 712 Å². The molecule has 2 unspecified atom stereocenters. The van der Waals surface area contributed by atoms with Crippen molar-refractivity contribution in [3.8, 4) is 11.5 Å². The molecule has 14 amide bonds. The molecule has 0 saturated carbocycles. The lowest BCUT2D eigenvalue weighted by Crippen LogP contribution is -2.43. The van der Waals surface area contributed by atoms with E-state index < -0.39 is 60.9 Å². The number of phosphoric ester groups is 1. The molecule has 121 heavy (non-hydrogen) atoms. The predicted molar refractivity (Wildman–Crippen MR) is 454 cm³/mol. The Kier molecular flexibility index (Phi) is 55.2. The summed E-state index contributed by atoms with van der Waals surface area (Å²) >= 11 is 1.45. The molecule has 1 fully saturated rings. The van der Waals surface area contributed by atoms with Crippen molar-refractivity contribution in [1.82, 2.24) is 63.0 Å². The molecule has 680 valence electrons. The second-order valence-electron chi connectivity index (χ2n) is 28.7. The molecule has 6 atom stereocenters. The van der Waals surface area contributed by atoms with Gasteiger partial charge in [0.1, 0.15) is 24.7 Å². The van der Waals surface area contributed by atoms with Crippen LogP contribution in [0.25, 0.3) is 0 Å². The summed E-state index contributed by atoms with van der Waals surface area (Å²) in [6.45, 7) is 3.91. The van der Waals surface area contributed by atoms with Gasteiger partial charge in [-0.2, -0.15) is 0 Å². The summed E-state index contributed by atoms with van der Waals surface area (Å²) in [5.41, 5.74) is 46.1. The Hall–Kier alpha value is -9.10. The minimum atomic E-state index is -4.21. The van der Waals surface area contributed by atoms with Gasteiger partial charge in [0, 0.05) is 126 Å². The van der Waals surface area contributed by atoms with Crippen molar-refractivity contribution in [2.45, 2.75) is 190 Å². The summed E-state index contributed by atoms with van der Waals surface area (Å²) in [7, 11) is -3.17. The van der Waals surface area contributed by atoms with Gasteiger partial charge in [0.2, 0.25) is 47.3 Å². The maximum absolute atomic E-state index is 13.2. The number of thioether (sulfide) groups is 1. The van der Waals surface area contributed by atoms with Gasteiger partial charge in [-0.05, 0) is 158 Å². The Balaban J connectivity index is 0.000000640. The number of nitrogens with zero attached hydrogens (tertiary/aromatic N) is 2. The Morgan fingerprint density at radius 3 is 1.10 bits per heavy atom. The highest BCUT2D eigenvalue weighted by atomic mass is 32.2. The third kappa shape index (κ3) is 46.1. The molecular formula is C79H132N20O20PS-. The largest absolute Gasteiger partial charge is 0.756 e. The Bertz CT molecular complexity index is 3510. The lowest BCUT2D eigenvalue weighted by Gasteiger charge is -2.19. The van der Waals surface area contributed by atoms with Crippen LogP contribution in [0.3, 0.4) is 0 Å². The van der Waals surface area contributed by atoms with Gasteiger partial charge in [-0.3, -0.25) is 81.5 Å². The SMILES string of the molecule is COP(=O)([O-])OCCCCCCSC1CC(=O)N(CCCCCC(=O)NCCOc2cc(C(=O)NCCNC(=O)[C@@H](N)CCCCN)cc(C(=O)NCCNC(=O)[C@@H](N)CCCCN)c2)C1=O.NCCCC[C@H](N)C(=O)NCCNC(=O)c1cc(OCCNC(=O)CCCCCN2C(=O)C=CC2=O)cc(C(=O)NCCNC(=O)[C@@H](N)CCCCN)c1. The van der Waals surface area contributed by atoms with Crippen LogP contribution in [0.2, 0.25) is 0 Å². The zero-order chi connectivity index (χ0) is 89.2. The average Bonchev–Trinajstić information content (AvgIpc) is 1.79. The number of imide groups is 2. The number of benzene rings is 2. The quantitative estimate of drug-likeness (QED) is 0.0197. The maximum atomic E-state index is 13.2. The fourth-order valence-electron chi connectivity index (χ4n) is 11.9. The van der Waals surface area contributed by atoms with E-state index in [0.29, 0.717) is 109 Å². The topological polar surface area (TPSA) is 651 Å². The molecule has 0 aliphatic carbocycles. The molecule has 26 N–H and O–H groups in total. The highest BCUT2D eigenvalue weighted by molar-refractivity contribution is 8.00. The third-order valence-electron chi connectivity index (χ3n) is 18.8. The van der Waals surface area contributed by atoms with E-state index in [-0.39, 0.29) is 204 Å². The van der Waals surface area contributed by atoms with E-state index >= 15 is 0 Å². The summed E-state index contributed by atoms with van der Waals surface area (Å²) in [4.78, 5) is 189. The van der Waals surface area contributed by atoms with Crippen LogP contribution < -0.4 is 113 Å². The first kappa shape index (κ1) is 106. The van der Waals surface area contributed by atoms with E-state index in [2.05, 4.69) is 62.2 Å². The van der Waals surface area contributed by atoms with Crippen molar-refractivity contribution in [3.05, 3.63) is 70.8 Å². The first-order chi connectivity index (χ1) is 58.1. The van der Waals surface area contributed by atoms with E-state index in [1.807, 2.05) is 0 Å². The first-order valence-corrected chi connectivity index (χ1v) is 44.3. The number of hydrogen-bond donors (Lipinski definition) is 18. The van der Waals surface area contributed by atoms with Gasteiger partial charge < -0.3 is 122 Å². The molecule has 1 saturated heterocycles. The van der Waals surface area contributed by atoms with Gasteiger partial charge in [0.15, 0.2) is 0 Å². The molecule has 40 nitrogen and oxygen atoms in total. The van der Waals surface area contributed by atoms with Crippen molar-refractivity contribution in [3.63, 3.8) is 0 Å². The molecule has 2 heterocycles. The second kappa shape index (κ2) is 62.9. The van der Waals surface area contributed by atoms with Crippen molar-refractivity contribution in [1.29, 1.82) is 0 Å². The van der Waals surface area contributed by atoms with Crippen LogP contribution in [0.4, 0.5) is 0 Å². The molecule has 4 rings (SSSR count). The molecule has 0 radical (unpaired) electrons. The molecule has 0 spiro atoms. The van der Waals surface area contributed by atoms with Crippen molar-refractivity contribution in [2.24, 2.45) is 45.9 Å². The number of hydrogen-bond acceptors (Lipinski definition) is 29. The van der Waals surface area contributed by atoms with Crippen LogP contribution in [0.5, 0.6) is 11.5 Å². The monoisotopic (exact) mass is 1740 g/mol. The summed E-state index contributed by atoms with van der Waals surface area (Å²) in [5, 5.41) is 26.7. The van der Waals surface area contributed by atoms with Crippen molar-refractivity contribution >= 4 is 102 Å². The smallest absolute Gasteiger partial charge is 0.267 e. The Morgan fingerprint density at radius 2 is 0.752 bits per heavy atom. The zero-order valence-electron chi connectivity index (χ0n) is 69.9. The molecule has 2 aliphatic heterocycles. The van der Waals surface area contributed by atoms with Crippen LogP contribution >= 0.6 is 19.6 Å². The van der Waals surface area contributed by atoms with Crippen LogP contribution in [0.15, 0.2) is 48.6 Å². The standard InChI is InChI=1S/C43H75N10O12PS.C36H58N10O8/c1-63-66(61,62)65-24-11-2-3-12-26-67-36-30-38(55)53(43(36)60)23-10-4-5-15-37(54)48-22-25-64-33-28-31(39(56)49-18-20-51-41(58)34(46)13-6-8-16-44)27-32(29-33)40(57)50-19-21-52-42(59)35(47)14-7-9-17-45;37-13-5-3-8-28(39)35(52)44-17-15-42-33(50)25-22-26(34(51)43-16-18-45-36(53)29(40)9-4-6-14-38)24-27(23-25)54-21-19-41-30(47)10-2-1-7-20-46-31(48)11-12-32(46)49/h27-29,34-36H,2-26,30,44-47H2,1H3,(H,48,54)(H,49,56)(H,50,57)(H,51,58)(H,52,59)(H,61,62);11-12,22-24,28-29H,1-10,13-21,37-40H2,(H,41,47)(H,42,50)(H,43,51)(H,44,52)(H,45,53)/p-1/t34-,35-,36?;28-,29-/m00/s1. The molecule has 2 aromatic rings. The van der Waals surface area contributed by atoms with Crippen LogP contribution in [0.1, 0.15) is 202 Å². The van der Waals surface area contributed by atoms with Gasteiger partial charge in [-0.15, -0.1) is 11.8 Å². The van der Waals surface area contributed by atoms with Crippen LogP contribution in [0, 0.1) is 0 Å². The van der Waals surface area contributed by atoms with E-state index in [1.54, 1.807) is 0 Å². The molecule has 0 bridgehead atoms. The van der Waals surface area contributed by atoms with Crippen LogP contribution in [-0.2, 0) is 61.6 Å². The second-order valence-corrected chi connectivity index (χ2v) is 31.6. The number of carbonyl (C=O) groups is 14. The number of carbonyl (C=O) groups excluding carboxylic acids is 14. The molecule has 0 aromatic heterocycles. The number of unbranched alkanes of at least 4 members (excludes halogenated alkanes) is 11. The third-order valence-corrected chi connectivity index (χ3v) is 21.1. The van der Waals surface area contributed by atoms with Crippen molar-refractivity contribution < 1.29 is 95.1 Å². The van der Waals surface area contributed by atoms with E-state index in [0.717, 1.165) is 77.7 Å². The number of nitrogens with two attached hydrogens (primary N) is 8. The highest BCUT2D eigenvalue weighted by Gasteiger charge is 2.38. The summed E-state index contributed by atoms with van der Waals surface area (Å²) in [5.74, 6) is -3.85. The average molecular weight is 1750 g/mol. The van der Waals surface area contributed by atoms with Gasteiger partial charge >= 0.3 is 0 Å². The summed E-state index contributed by atoms with van der Waals surface area (Å²) in [6, 6.07) is 5.85. The van der Waals surface area contributed by atoms with Gasteiger partial charge in [-0.25, -0.2) is 0 Å². The fraction of sp³-hybridized carbons (Fsp3) is 0.646. The first-order valence-electron chi connectivity index (χ1n) is 41.7. The number of nitrogens with one attached hydrogen (secondary N) is 10. The van der Waals surface area contributed by atoms with E-state index in [9.17, 15) is 76.6 Å². The number of amides is 14. The minimum absolute atomic E-state index is 0.0158. The summed E-state index contributed by atoms with van der Waals surface area (Å²) in [6.07, 6.45) is 17.5. The van der Waals surface area contributed by atoms with E-state index in [4.69, 9.17) is 55.3 Å². The number of ether oxygens (including phenoxy) is 2. The summed E-state index contributed by atoms with van der Waals surface area (Å²) < 4.78 is 31.8. The predicted octanol–water partition coefficient (Wildman–Crippen LogP) is -1.83. The lowest BCUT2D eigenvalue weighted by atomic mass is 10.1. The number of phosphoric acid groups is 1. The fourth-order valence-corrected chi connectivity index (χ4v) is 13.5. The molecule has 42 heteroatoms. The highest BCUT2D eigenvalue weighted by Crippen LogP contribution is 2.37. The molecule has 2 aromatic carbocycles. The number of rotatable bonds is 66. The minimum Gasteiger partial charge on any atom is -0.756 e. The van der Waals surface area contributed by atoms with Crippen LogP contribution in [-0.4, -0.2) is 259 Å². The van der Waals surface area contributed by atoms with Gasteiger partial charge in [-0.1, -0.05) is 51.4 Å². The van der Waals surface area contributed by atoms with E-state index in [1.165, 1.54) is 70.1 Å². The van der Waals surface area contributed by atoms with Gasteiger partial charge in [0.25, 0.3) is 43.3 Å². The number of likely N-dealkylation sites (tertiary alicyclic amines) is 1. The van der Waals surface area contributed by atoms with Crippen molar-refractivity contribution in [2.75, 3.05) is 137 Å². The lowest BCUT2D eigenvalue weighted by molar-refractivity contribution is -0.223. The normalized spacial score (nSPS) is 14.4. The Morgan fingerprint density at radius 1 is 0.421 bits per heavy atom. The van der Waals surface area contributed by atoms with Gasteiger partial charge in [0.05, 0.1) is 49.1 Å². The maximum Gasteiger partial charge on any atom is 0.267 e. The molecular weight excluding hydrogens is 1610 g/mol.